The van der Waals surface area contributed by atoms with Crippen LogP contribution < -0.4 is 30.1 Å². The Balaban J connectivity index is 0.789. The van der Waals surface area contributed by atoms with Gasteiger partial charge in [-0.15, -0.1) is 0 Å². The second kappa shape index (κ2) is 17.2. The molecule has 66 heavy (non-hydrogen) atoms. The number of carbonyl (C=O) groups excluding carboxylic acids is 2. The van der Waals surface area contributed by atoms with Gasteiger partial charge in [-0.25, -0.2) is 18.6 Å². The molecule has 1 saturated carbocycles. The standard InChI is InChI=1S/C45H49F2N11O7S/c1-53-38-23-39(35(47)22-32(38)42(51-53)57-17-10-40(59)50-44(57)61)55-15-8-28(9-16-55)54-14-2-3-29(25-64-20-19-54)58-27-49-36-6-4-30(21-31(36)43(58)60)65-41-33(24-48)37(7-5-34(41)46)52-66(62,63)56-18-13-45(26-56)11-12-45/h4-7,21-23,27-29,52H,2-3,8-20,25-26H2,1H3,(H,50,59,61)/t29-/m1/s1. The number of rotatable bonds is 9. The number of nitrogens with one attached hydrogen (secondary N) is 2. The Hall–Kier alpha value is -6.21. The third-order valence-corrected chi connectivity index (χ3v) is 15.3. The molecular formula is C45H49F2N11O7S. The van der Waals surface area contributed by atoms with Gasteiger partial charge in [0, 0.05) is 64.2 Å². The van der Waals surface area contributed by atoms with E-state index in [-0.39, 0.29) is 70.9 Å². The number of benzene rings is 3. The smallest absolute Gasteiger partial charge is 0.329 e. The molecule has 2 aromatic heterocycles. The number of hydrogen-bond donors (Lipinski definition) is 2. The van der Waals surface area contributed by atoms with Gasteiger partial charge in [-0.1, -0.05) is 0 Å². The maximum atomic E-state index is 15.8. The quantitative estimate of drug-likeness (QED) is 0.198. The molecule has 2 N–H and O–H groups in total. The summed E-state index contributed by atoms with van der Waals surface area (Å²) in [6.07, 6.45) is 7.39. The van der Waals surface area contributed by atoms with Gasteiger partial charge in [0.05, 0.1) is 53.4 Å². The predicted octanol–water partition coefficient (Wildman–Crippen LogP) is 5.14. The number of carbonyl (C=O) groups is 2. The molecule has 0 radical (unpaired) electrons. The maximum absolute atomic E-state index is 15.8. The topological polar surface area (TPSA) is 200 Å². The first-order valence-corrected chi connectivity index (χ1v) is 23.8. The molecule has 4 saturated heterocycles. The third kappa shape index (κ3) is 8.31. The summed E-state index contributed by atoms with van der Waals surface area (Å²) < 4.78 is 76.8. The zero-order valence-electron chi connectivity index (χ0n) is 36.3. The van der Waals surface area contributed by atoms with Gasteiger partial charge in [0.15, 0.2) is 17.4 Å². The molecule has 1 aliphatic carbocycles. The Kier molecular flexibility index (Phi) is 11.4. The van der Waals surface area contributed by atoms with Crippen molar-refractivity contribution >= 4 is 61.1 Å². The zero-order chi connectivity index (χ0) is 45.9. The van der Waals surface area contributed by atoms with Crippen molar-refractivity contribution < 1.29 is 36.3 Å². The molecule has 5 aliphatic rings. The number of amides is 3. The number of urea groups is 1. The summed E-state index contributed by atoms with van der Waals surface area (Å²) in [5, 5.41) is 17.6. The first-order chi connectivity index (χ1) is 31.8. The number of piperidine rings is 1. The number of halogens is 2. The van der Waals surface area contributed by atoms with E-state index in [0.29, 0.717) is 73.7 Å². The lowest BCUT2D eigenvalue weighted by molar-refractivity contribution is -0.120. The summed E-state index contributed by atoms with van der Waals surface area (Å²) in [7, 11) is -2.27. The molecule has 3 aromatic carbocycles. The van der Waals surface area contributed by atoms with E-state index in [1.807, 2.05) is 11.0 Å². The molecule has 6 heterocycles. The van der Waals surface area contributed by atoms with Crippen LogP contribution >= 0.6 is 0 Å². The van der Waals surface area contributed by atoms with Crippen molar-refractivity contribution in [3.63, 3.8) is 0 Å². The van der Waals surface area contributed by atoms with Crippen LogP contribution in [0.1, 0.15) is 63.0 Å². The number of nitrogens with zero attached hydrogens (tertiary/aromatic N) is 9. The second-order valence-electron chi connectivity index (χ2n) is 18.0. The number of hydrogen-bond acceptors (Lipinski definition) is 12. The summed E-state index contributed by atoms with van der Waals surface area (Å²) in [6.45, 7) is 4.39. The molecule has 0 bridgehead atoms. The Morgan fingerprint density at radius 2 is 1.76 bits per heavy atom. The molecule has 1 spiro atoms. The van der Waals surface area contributed by atoms with Crippen LogP contribution in [0.2, 0.25) is 0 Å². The normalized spacial score (nSPS) is 21.2. The van der Waals surface area contributed by atoms with E-state index in [1.54, 1.807) is 28.4 Å². The van der Waals surface area contributed by atoms with Crippen LogP contribution in [-0.2, 0) is 26.8 Å². The van der Waals surface area contributed by atoms with E-state index < -0.39 is 33.6 Å². The highest BCUT2D eigenvalue weighted by molar-refractivity contribution is 7.90. The number of aryl methyl sites for hydroxylation is 1. The maximum Gasteiger partial charge on any atom is 0.329 e. The minimum absolute atomic E-state index is 0.0389. The molecule has 3 amide bonds. The number of nitriles is 1. The molecule has 346 valence electrons. The van der Waals surface area contributed by atoms with Crippen molar-refractivity contribution in [3.8, 4) is 17.6 Å². The first-order valence-electron chi connectivity index (χ1n) is 22.3. The van der Waals surface area contributed by atoms with Crippen molar-refractivity contribution in [2.45, 2.75) is 63.5 Å². The van der Waals surface area contributed by atoms with Crippen LogP contribution in [0.4, 0.5) is 30.8 Å². The number of fused-ring (bicyclic) bond motifs is 2. The molecule has 10 rings (SSSR count). The van der Waals surface area contributed by atoms with Gasteiger partial charge in [-0.2, -0.15) is 23.1 Å². The zero-order valence-corrected chi connectivity index (χ0v) is 37.2. The average molecular weight is 926 g/mol. The molecule has 0 unspecified atom stereocenters. The van der Waals surface area contributed by atoms with Gasteiger partial charge >= 0.3 is 16.2 Å². The fourth-order valence-electron chi connectivity index (χ4n) is 9.94. The predicted molar refractivity (Wildman–Crippen MR) is 240 cm³/mol. The molecule has 4 aliphatic heterocycles. The lowest BCUT2D eigenvalue weighted by Crippen LogP contribution is -2.49. The van der Waals surface area contributed by atoms with Crippen LogP contribution in [0.3, 0.4) is 0 Å². The van der Waals surface area contributed by atoms with E-state index in [0.717, 1.165) is 51.1 Å². The van der Waals surface area contributed by atoms with Crippen molar-refractivity contribution in [2.75, 3.05) is 73.5 Å². The van der Waals surface area contributed by atoms with E-state index in [9.17, 15) is 28.1 Å². The lowest BCUT2D eigenvalue weighted by Gasteiger charge is -2.39. The molecule has 1 atom stereocenters. The van der Waals surface area contributed by atoms with Crippen LogP contribution in [0.15, 0.2) is 53.6 Å². The first kappa shape index (κ1) is 43.7. The van der Waals surface area contributed by atoms with Gasteiger partial charge < -0.3 is 14.4 Å². The molecule has 5 fully saturated rings. The van der Waals surface area contributed by atoms with Crippen LogP contribution in [0.5, 0.6) is 11.5 Å². The fourth-order valence-corrected chi connectivity index (χ4v) is 11.3. The number of imide groups is 1. The van der Waals surface area contributed by atoms with Crippen LogP contribution in [0, 0.1) is 28.4 Å². The Labute approximate surface area is 378 Å². The van der Waals surface area contributed by atoms with Gasteiger partial charge in [0.2, 0.25) is 5.91 Å². The SMILES string of the molecule is Cn1nc(N2CCC(=O)NC2=O)c2cc(F)c(N3CCC(N4CCC[C@@H](n5cnc6ccc(Oc7c(F)ccc(NS(=O)(=O)N8CCC9(CC9)C8)c7C#N)cc6c5=O)COCC4)CC3)cc21. The molecule has 5 aromatic rings. The summed E-state index contributed by atoms with van der Waals surface area (Å²) >= 11 is 0. The van der Waals surface area contributed by atoms with Gasteiger partial charge in [-0.3, -0.25) is 38.7 Å². The van der Waals surface area contributed by atoms with E-state index in [4.69, 9.17) is 9.47 Å². The highest BCUT2D eigenvalue weighted by Crippen LogP contribution is 2.53. The Bertz CT molecular complexity index is 2980. The highest BCUT2D eigenvalue weighted by atomic mass is 32.2. The van der Waals surface area contributed by atoms with E-state index in [1.165, 1.54) is 39.8 Å². The van der Waals surface area contributed by atoms with Crippen LogP contribution in [-0.4, -0.2) is 114 Å². The van der Waals surface area contributed by atoms with Crippen molar-refractivity contribution in [1.29, 1.82) is 5.26 Å². The average Bonchev–Trinajstić information content (AvgIpc) is 3.76. The molecular weight excluding hydrogens is 877 g/mol. The van der Waals surface area contributed by atoms with Gasteiger partial charge in [0.25, 0.3) is 5.56 Å². The Morgan fingerprint density at radius 3 is 2.52 bits per heavy atom. The second-order valence-corrected chi connectivity index (χ2v) is 19.7. The van der Waals surface area contributed by atoms with Crippen molar-refractivity contribution in [2.24, 2.45) is 12.5 Å². The molecule has 21 heteroatoms. The number of aromatic nitrogens is 4. The number of anilines is 3. The number of ether oxygens (including phenoxy) is 2. The molecule has 18 nitrogen and oxygen atoms in total. The fraction of sp³-hybridized carbons (Fsp3) is 0.467. The van der Waals surface area contributed by atoms with E-state index >= 15 is 8.78 Å². The minimum Gasteiger partial charge on any atom is -0.453 e. The summed E-state index contributed by atoms with van der Waals surface area (Å²) in [6, 6.07) is 11.2. The highest BCUT2D eigenvalue weighted by Gasteiger charge is 2.50. The summed E-state index contributed by atoms with van der Waals surface area (Å²) in [5.74, 6) is -1.75. The third-order valence-electron chi connectivity index (χ3n) is 13.9. The summed E-state index contributed by atoms with van der Waals surface area (Å²) in [5.41, 5.74) is 0.785. The monoisotopic (exact) mass is 925 g/mol. The minimum atomic E-state index is -4.01. The van der Waals surface area contributed by atoms with Gasteiger partial charge in [-0.05, 0) is 99.4 Å². The van der Waals surface area contributed by atoms with Crippen LogP contribution in [0.25, 0.3) is 21.8 Å². The van der Waals surface area contributed by atoms with Gasteiger partial charge in [0.1, 0.15) is 23.2 Å². The van der Waals surface area contributed by atoms with Crippen molar-refractivity contribution in [1.82, 2.24) is 33.9 Å². The Morgan fingerprint density at radius 1 is 0.939 bits per heavy atom. The lowest BCUT2D eigenvalue weighted by atomic mass is 10.0. The van der Waals surface area contributed by atoms with Crippen molar-refractivity contribution in [3.05, 3.63) is 76.3 Å². The van der Waals surface area contributed by atoms with E-state index in [2.05, 4.69) is 25.0 Å². The summed E-state index contributed by atoms with van der Waals surface area (Å²) in [4.78, 5) is 48.7. The largest absolute Gasteiger partial charge is 0.453 e.